The Labute approximate surface area is 105 Å². The molecule has 1 spiro atoms. The quantitative estimate of drug-likeness (QED) is 0.720. The molecule has 0 bridgehead atoms. The monoisotopic (exact) mass is 258 g/mol. The van der Waals surface area contributed by atoms with Crippen LogP contribution in [-0.2, 0) is 19.1 Å². The number of ether oxygens (including phenoxy) is 2. The third-order valence-electron chi connectivity index (χ3n) is 4.02. The van der Waals surface area contributed by atoms with Gasteiger partial charge in [0.2, 0.25) is 5.41 Å². The Bertz CT molecular complexity index is 330. The Morgan fingerprint density at radius 3 is 1.89 bits per heavy atom. The number of carboxylic acid groups (broad SMARTS) is 2. The van der Waals surface area contributed by atoms with E-state index in [2.05, 4.69) is 6.92 Å². The fourth-order valence-corrected chi connectivity index (χ4v) is 2.42. The zero-order valence-electron chi connectivity index (χ0n) is 10.3. The molecule has 0 aromatic heterocycles. The molecule has 6 nitrogen and oxygen atoms in total. The van der Waals surface area contributed by atoms with Gasteiger partial charge in [-0.15, -0.1) is 0 Å². The van der Waals surface area contributed by atoms with Crippen LogP contribution in [0, 0.1) is 11.3 Å². The number of carbonyl (C=O) groups is 2. The second-order valence-corrected chi connectivity index (χ2v) is 5.36. The summed E-state index contributed by atoms with van der Waals surface area (Å²) in [6.07, 6.45) is 3.30. The van der Waals surface area contributed by atoms with Crippen LogP contribution in [0.5, 0.6) is 0 Å². The van der Waals surface area contributed by atoms with E-state index >= 15 is 0 Å². The maximum absolute atomic E-state index is 11.1. The molecule has 102 valence electrons. The van der Waals surface area contributed by atoms with Crippen molar-refractivity contribution in [2.45, 2.75) is 38.4 Å². The first-order chi connectivity index (χ1) is 8.40. The minimum atomic E-state index is -1.96. The molecule has 2 N–H and O–H groups in total. The highest BCUT2D eigenvalue weighted by Gasteiger charge is 2.55. The van der Waals surface area contributed by atoms with Gasteiger partial charge in [0.15, 0.2) is 5.79 Å². The van der Waals surface area contributed by atoms with Crippen molar-refractivity contribution < 1.29 is 29.3 Å². The molecule has 0 atom stereocenters. The van der Waals surface area contributed by atoms with Crippen molar-refractivity contribution in [1.29, 1.82) is 0 Å². The zero-order valence-corrected chi connectivity index (χ0v) is 10.3. The van der Waals surface area contributed by atoms with Crippen LogP contribution in [0.3, 0.4) is 0 Å². The summed E-state index contributed by atoms with van der Waals surface area (Å²) < 4.78 is 11.0. The molecule has 1 aliphatic heterocycles. The lowest BCUT2D eigenvalue weighted by molar-refractivity contribution is -0.311. The molecule has 6 heteroatoms. The van der Waals surface area contributed by atoms with E-state index in [0.717, 1.165) is 12.8 Å². The lowest BCUT2D eigenvalue weighted by Crippen LogP contribution is -2.57. The van der Waals surface area contributed by atoms with Gasteiger partial charge < -0.3 is 19.7 Å². The van der Waals surface area contributed by atoms with E-state index in [1.807, 2.05) is 0 Å². The molecular weight excluding hydrogens is 240 g/mol. The molecule has 0 radical (unpaired) electrons. The summed E-state index contributed by atoms with van der Waals surface area (Å²) in [6, 6.07) is 0. The maximum Gasteiger partial charge on any atom is 0.325 e. The summed E-state index contributed by atoms with van der Waals surface area (Å²) in [7, 11) is 0. The van der Waals surface area contributed by atoms with Crippen molar-refractivity contribution in [3.05, 3.63) is 0 Å². The van der Waals surface area contributed by atoms with Crippen LogP contribution in [0.15, 0.2) is 0 Å². The molecule has 18 heavy (non-hydrogen) atoms. The molecule has 1 saturated carbocycles. The van der Waals surface area contributed by atoms with Crippen LogP contribution >= 0.6 is 0 Å². The van der Waals surface area contributed by atoms with Gasteiger partial charge in [0, 0.05) is 12.8 Å². The molecule has 1 heterocycles. The summed E-state index contributed by atoms with van der Waals surface area (Å²) in [4.78, 5) is 22.2. The average molecular weight is 258 g/mol. The molecule has 1 saturated heterocycles. The normalized spacial score (nSPS) is 26.9. The summed E-state index contributed by atoms with van der Waals surface area (Å²) in [5.41, 5.74) is -1.96. The van der Waals surface area contributed by atoms with Gasteiger partial charge in [0.05, 0.1) is 13.2 Å². The van der Waals surface area contributed by atoms with E-state index in [-0.39, 0.29) is 13.2 Å². The van der Waals surface area contributed by atoms with Gasteiger partial charge in [0.1, 0.15) is 0 Å². The molecule has 2 fully saturated rings. The van der Waals surface area contributed by atoms with Crippen LogP contribution in [-0.4, -0.2) is 41.2 Å². The number of aliphatic carboxylic acids is 2. The smallest absolute Gasteiger partial charge is 0.325 e. The predicted octanol–water partition coefficient (Wildman–Crippen LogP) is 1.10. The van der Waals surface area contributed by atoms with Crippen LogP contribution in [0.4, 0.5) is 0 Å². The fourth-order valence-electron chi connectivity index (χ4n) is 2.42. The average Bonchev–Trinajstić information content (AvgIpc) is 2.34. The highest BCUT2D eigenvalue weighted by molar-refractivity contribution is 5.98. The lowest BCUT2D eigenvalue weighted by Gasteiger charge is -2.45. The number of hydrogen-bond acceptors (Lipinski definition) is 4. The molecule has 0 aromatic carbocycles. The Balaban J connectivity index is 2.07. The van der Waals surface area contributed by atoms with E-state index in [1.54, 1.807) is 0 Å². The number of rotatable bonds is 2. The fraction of sp³-hybridized carbons (Fsp3) is 0.833. The van der Waals surface area contributed by atoms with Gasteiger partial charge in [-0.1, -0.05) is 6.92 Å². The Morgan fingerprint density at radius 1 is 1.06 bits per heavy atom. The summed E-state index contributed by atoms with van der Waals surface area (Å²) in [5, 5.41) is 18.1. The highest BCUT2D eigenvalue weighted by atomic mass is 16.7. The second kappa shape index (κ2) is 4.51. The van der Waals surface area contributed by atoms with Gasteiger partial charge in [0.25, 0.3) is 0 Å². The van der Waals surface area contributed by atoms with Gasteiger partial charge in [-0.25, -0.2) is 0 Å². The van der Waals surface area contributed by atoms with E-state index < -0.39 is 23.1 Å². The Morgan fingerprint density at radius 2 is 1.50 bits per heavy atom. The maximum atomic E-state index is 11.1. The van der Waals surface area contributed by atoms with Gasteiger partial charge in [-0.2, -0.15) is 0 Å². The highest BCUT2D eigenvalue weighted by Crippen LogP contribution is 2.41. The first kappa shape index (κ1) is 13.3. The number of hydrogen-bond donors (Lipinski definition) is 2. The molecule has 2 rings (SSSR count). The van der Waals surface area contributed by atoms with Crippen LogP contribution in [0.1, 0.15) is 32.6 Å². The third-order valence-corrected chi connectivity index (χ3v) is 4.02. The van der Waals surface area contributed by atoms with Crippen LogP contribution < -0.4 is 0 Å². The van der Waals surface area contributed by atoms with Crippen molar-refractivity contribution in [2.75, 3.05) is 13.2 Å². The van der Waals surface area contributed by atoms with Crippen LogP contribution in [0.25, 0.3) is 0 Å². The Kier molecular flexibility index (Phi) is 3.33. The largest absolute Gasteiger partial charge is 0.480 e. The van der Waals surface area contributed by atoms with Gasteiger partial charge >= 0.3 is 11.9 Å². The second-order valence-electron chi connectivity index (χ2n) is 5.36. The first-order valence-electron chi connectivity index (χ1n) is 6.15. The van der Waals surface area contributed by atoms with E-state index in [0.29, 0.717) is 18.8 Å². The Hall–Kier alpha value is -1.14. The standard InChI is InChI=1S/C12H18O6/c1-8-2-4-12(5-3-8)17-6-11(7-18-12,9(13)14)10(15)16/h8H,2-7H2,1H3,(H,13,14)(H,15,16). The van der Waals surface area contributed by atoms with E-state index in [4.69, 9.17) is 19.7 Å². The molecule has 0 amide bonds. The minimum absolute atomic E-state index is 0.327. The van der Waals surface area contributed by atoms with Crippen molar-refractivity contribution in [1.82, 2.24) is 0 Å². The molecule has 2 aliphatic rings. The van der Waals surface area contributed by atoms with Gasteiger partial charge in [-0.3, -0.25) is 9.59 Å². The first-order valence-corrected chi connectivity index (χ1v) is 6.15. The zero-order chi connectivity index (χ0) is 13.4. The van der Waals surface area contributed by atoms with E-state index in [1.165, 1.54) is 0 Å². The lowest BCUT2D eigenvalue weighted by atomic mass is 9.83. The van der Waals surface area contributed by atoms with Crippen molar-refractivity contribution in [3.8, 4) is 0 Å². The van der Waals surface area contributed by atoms with Crippen molar-refractivity contribution in [3.63, 3.8) is 0 Å². The summed E-state index contributed by atoms with van der Waals surface area (Å²) in [5.74, 6) is -2.97. The minimum Gasteiger partial charge on any atom is -0.480 e. The van der Waals surface area contributed by atoms with Crippen molar-refractivity contribution in [2.24, 2.45) is 11.3 Å². The third kappa shape index (κ3) is 2.10. The summed E-state index contributed by atoms with van der Waals surface area (Å²) in [6.45, 7) is 1.49. The molecular formula is C12H18O6. The van der Waals surface area contributed by atoms with E-state index in [9.17, 15) is 9.59 Å². The topological polar surface area (TPSA) is 93.1 Å². The summed E-state index contributed by atoms with van der Waals surface area (Å²) >= 11 is 0. The van der Waals surface area contributed by atoms with Crippen LogP contribution in [0.2, 0.25) is 0 Å². The van der Waals surface area contributed by atoms with Crippen molar-refractivity contribution >= 4 is 11.9 Å². The molecule has 0 aromatic rings. The SMILES string of the molecule is CC1CCC2(CC1)OCC(C(=O)O)(C(=O)O)CO2. The predicted molar refractivity (Wildman–Crippen MR) is 60.0 cm³/mol. The van der Waals surface area contributed by atoms with Gasteiger partial charge in [-0.05, 0) is 18.8 Å². The number of carboxylic acids is 2. The molecule has 1 aliphatic carbocycles. The molecule has 0 unspecified atom stereocenters.